The molecule has 2 rings (SSSR count). The molecule has 92 valence electrons. The van der Waals surface area contributed by atoms with Gasteiger partial charge in [-0.15, -0.1) is 0 Å². The molecule has 0 aliphatic rings. The third-order valence-corrected chi connectivity index (χ3v) is 2.40. The second kappa shape index (κ2) is 5.14. The molecule has 5 heteroatoms. The van der Waals surface area contributed by atoms with Crippen molar-refractivity contribution >= 4 is 0 Å². The number of rotatable bonds is 5. The van der Waals surface area contributed by atoms with Crippen LogP contribution in [0.1, 0.15) is 31.0 Å². The van der Waals surface area contributed by atoms with Crippen LogP contribution < -0.4 is 5.32 Å². The van der Waals surface area contributed by atoms with E-state index in [4.69, 9.17) is 4.52 Å². The summed E-state index contributed by atoms with van der Waals surface area (Å²) in [5, 5.41) is 7.29. The molecule has 0 unspecified atom stereocenters. The average Bonchev–Trinajstić information content (AvgIpc) is 2.86. The van der Waals surface area contributed by atoms with Gasteiger partial charge in [0.2, 0.25) is 0 Å². The maximum Gasteiger partial charge on any atom is 0.133 e. The van der Waals surface area contributed by atoms with E-state index >= 15 is 0 Å². The van der Waals surface area contributed by atoms with E-state index in [2.05, 4.69) is 29.3 Å². The maximum atomic E-state index is 5.03. The Bertz CT molecular complexity index is 472. The number of imidazole rings is 1. The van der Waals surface area contributed by atoms with Crippen molar-refractivity contribution in [3.8, 4) is 0 Å². The van der Waals surface area contributed by atoms with E-state index in [-0.39, 0.29) is 0 Å². The van der Waals surface area contributed by atoms with Crippen molar-refractivity contribution in [2.75, 3.05) is 0 Å². The molecule has 2 aromatic rings. The first kappa shape index (κ1) is 11.9. The van der Waals surface area contributed by atoms with Crippen LogP contribution in [0, 0.1) is 6.92 Å². The number of hydrogen-bond donors (Lipinski definition) is 1. The Balaban J connectivity index is 1.94. The smallest absolute Gasteiger partial charge is 0.133 e. The van der Waals surface area contributed by atoms with Gasteiger partial charge in [-0.1, -0.05) is 19.0 Å². The molecular weight excluding hydrogens is 216 g/mol. The Kier molecular flexibility index (Phi) is 3.58. The van der Waals surface area contributed by atoms with Gasteiger partial charge in [0.1, 0.15) is 11.5 Å². The highest BCUT2D eigenvalue weighted by molar-refractivity contribution is 5.06. The summed E-state index contributed by atoms with van der Waals surface area (Å²) < 4.78 is 7.03. The normalized spacial score (nSPS) is 11.3. The number of nitrogens with zero attached hydrogens (tertiary/aromatic N) is 3. The molecule has 0 radical (unpaired) electrons. The highest BCUT2D eigenvalue weighted by atomic mass is 16.5. The van der Waals surface area contributed by atoms with Crippen LogP contribution in [0.15, 0.2) is 23.1 Å². The van der Waals surface area contributed by atoms with Gasteiger partial charge in [-0.05, 0) is 6.92 Å². The second-order valence-corrected chi connectivity index (χ2v) is 4.50. The van der Waals surface area contributed by atoms with E-state index in [9.17, 15) is 0 Å². The Labute approximate surface area is 101 Å². The predicted octanol–water partition coefficient (Wildman–Crippen LogP) is 1.73. The Morgan fingerprint density at radius 2 is 2.24 bits per heavy atom. The molecule has 0 aromatic carbocycles. The summed E-state index contributed by atoms with van der Waals surface area (Å²) in [5.74, 6) is 0.835. The van der Waals surface area contributed by atoms with Crippen molar-refractivity contribution in [1.29, 1.82) is 0 Å². The molecule has 2 aromatic heterocycles. The van der Waals surface area contributed by atoms with Crippen molar-refractivity contribution in [2.45, 2.75) is 39.9 Å². The summed E-state index contributed by atoms with van der Waals surface area (Å²) in [6.45, 7) is 7.63. The van der Waals surface area contributed by atoms with E-state index in [0.717, 1.165) is 23.7 Å². The van der Waals surface area contributed by atoms with Crippen LogP contribution in [0.2, 0.25) is 0 Å². The van der Waals surface area contributed by atoms with E-state index in [1.165, 1.54) is 0 Å². The second-order valence-electron chi connectivity index (χ2n) is 4.50. The van der Waals surface area contributed by atoms with E-state index < -0.39 is 0 Å². The minimum absolute atomic E-state index is 0.471. The van der Waals surface area contributed by atoms with Crippen molar-refractivity contribution in [2.24, 2.45) is 0 Å². The lowest BCUT2D eigenvalue weighted by atomic mass is 10.3. The third-order valence-electron chi connectivity index (χ3n) is 2.40. The molecule has 0 amide bonds. The summed E-state index contributed by atoms with van der Waals surface area (Å²) in [4.78, 5) is 4.33. The minimum atomic E-state index is 0.471. The van der Waals surface area contributed by atoms with Gasteiger partial charge in [0.05, 0.1) is 18.6 Å². The molecule has 2 heterocycles. The van der Waals surface area contributed by atoms with Crippen LogP contribution in [-0.2, 0) is 13.1 Å². The summed E-state index contributed by atoms with van der Waals surface area (Å²) in [7, 11) is 0. The Morgan fingerprint density at radius 1 is 1.41 bits per heavy atom. The zero-order valence-electron chi connectivity index (χ0n) is 10.5. The lowest BCUT2D eigenvalue weighted by Crippen LogP contribution is -2.21. The van der Waals surface area contributed by atoms with Crippen molar-refractivity contribution in [1.82, 2.24) is 20.0 Å². The number of aromatic nitrogens is 3. The van der Waals surface area contributed by atoms with Crippen LogP contribution in [0.25, 0.3) is 0 Å². The molecule has 5 nitrogen and oxygen atoms in total. The highest BCUT2D eigenvalue weighted by Gasteiger charge is 2.03. The molecule has 0 aliphatic heterocycles. The first-order chi connectivity index (χ1) is 8.13. The van der Waals surface area contributed by atoms with Crippen molar-refractivity contribution in [3.63, 3.8) is 0 Å². The van der Waals surface area contributed by atoms with E-state index in [0.29, 0.717) is 12.6 Å². The van der Waals surface area contributed by atoms with Gasteiger partial charge >= 0.3 is 0 Å². The maximum absolute atomic E-state index is 5.03. The fourth-order valence-electron chi connectivity index (χ4n) is 1.57. The van der Waals surface area contributed by atoms with Gasteiger partial charge in [0, 0.05) is 24.8 Å². The zero-order valence-corrected chi connectivity index (χ0v) is 10.5. The largest absolute Gasteiger partial charge is 0.361 e. The summed E-state index contributed by atoms with van der Waals surface area (Å²) in [6, 6.07) is 2.41. The summed E-state index contributed by atoms with van der Waals surface area (Å²) >= 11 is 0. The topological polar surface area (TPSA) is 55.9 Å². The van der Waals surface area contributed by atoms with Gasteiger partial charge in [-0.3, -0.25) is 0 Å². The van der Waals surface area contributed by atoms with Crippen LogP contribution in [-0.4, -0.2) is 20.7 Å². The lowest BCUT2D eigenvalue weighted by molar-refractivity contribution is 0.389. The van der Waals surface area contributed by atoms with Gasteiger partial charge < -0.3 is 14.4 Å². The lowest BCUT2D eigenvalue weighted by Gasteiger charge is -2.04. The quantitative estimate of drug-likeness (QED) is 0.856. The van der Waals surface area contributed by atoms with Crippen molar-refractivity contribution < 1.29 is 4.52 Å². The predicted molar refractivity (Wildman–Crippen MR) is 64.5 cm³/mol. The van der Waals surface area contributed by atoms with Gasteiger partial charge in [-0.2, -0.15) is 0 Å². The highest BCUT2D eigenvalue weighted by Crippen LogP contribution is 2.05. The SMILES string of the molecule is Cc1cc(Cn2cnc(CNC(C)C)c2)no1. The summed E-state index contributed by atoms with van der Waals surface area (Å²) in [5.41, 5.74) is 1.96. The minimum Gasteiger partial charge on any atom is -0.361 e. The first-order valence-corrected chi connectivity index (χ1v) is 5.79. The molecule has 0 saturated carbocycles. The molecule has 0 atom stereocenters. The van der Waals surface area contributed by atoms with Crippen LogP contribution in [0.3, 0.4) is 0 Å². The number of hydrogen-bond acceptors (Lipinski definition) is 4. The molecule has 0 aliphatic carbocycles. The molecular formula is C12H18N4O. The van der Waals surface area contributed by atoms with Gasteiger partial charge in [0.15, 0.2) is 0 Å². The summed E-state index contributed by atoms with van der Waals surface area (Å²) in [6.07, 6.45) is 3.85. The standard InChI is InChI=1S/C12H18N4O/c1-9(2)13-5-12-7-16(8-14-12)6-11-4-10(3)17-15-11/h4,7-9,13H,5-6H2,1-3H3. The monoisotopic (exact) mass is 234 g/mol. The van der Waals surface area contributed by atoms with Crippen molar-refractivity contribution in [3.05, 3.63) is 35.7 Å². The molecule has 0 saturated heterocycles. The van der Waals surface area contributed by atoms with E-state index in [1.54, 1.807) is 0 Å². The Hall–Kier alpha value is -1.62. The van der Waals surface area contributed by atoms with Crippen LogP contribution in [0.5, 0.6) is 0 Å². The third kappa shape index (κ3) is 3.42. The van der Waals surface area contributed by atoms with E-state index in [1.807, 2.05) is 30.1 Å². The fourth-order valence-corrected chi connectivity index (χ4v) is 1.57. The Morgan fingerprint density at radius 3 is 2.88 bits per heavy atom. The van der Waals surface area contributed by atoms with Crippen LogP contribution in [0.4, 0.5) is 0 Å². The molecule has 0 fully saturated rings. The molecule has 0 spiro atoms. The van der Waals surface area contributed by atoms with Crippen LogP contribution >= 0.6 is 0 Å². The number of nitrogens with one attached hydrogen (secondary N) is 1. The van der Waals surface area contributed by atoms with Gasteiger partial charge in [0.25, 0.3) is 0 Å². The molecule has 0 bridgehead atoms. The molecule has 17 heavy (non-hydrogen) atoms. The molecule has 1 N–H and O–H groups in total. The fraction of sp³-hybridized carbons (Fsp3) is 0.500. The number of aryl methyl sites for hydroxylation is 1. The zero-order chi connectivity index (χ0) is 12.3. The average molecular weight is 234 g/mol. The van der Waals surface area contributed by atoms with Gasteiger partial charge in [-0.25, -0.2) is 4.98 Å². The first-order valence-electron chi connectivity index (χ1n) is 5.79.